The molecule has 5 nitrogen and oxygen atoms in total. The van der Waals surface area contributed by atoms with E-state index in [1.165, 1.54) is 23.5 Å². The Morgan fingerprint density at radius 1 is 0.906 bits per heavy atom. The Labute approximate surface area is 198 Å². The van der Waals surface area contributed by atoms with Crippen LogP contribution in [-0.4, -0.2) is 23.5 Å². The number of hydrogen-bond donors (Lipinski definition) is 1. The Morgan fingerprint density at radius 2 is 1.59 bits per heavy atom. The van der Waals surface area contributed by atoms with Crippen LogP contribution >= 0.6 is 34.5 Å². The maximum absolute atomic E-state index is 12.2. The quantitative estimate of drug-likeness (QED) is 0.315. The van der Waals surface area contributed by atoms with E-state index in [0.717, 1.165) is 22.4 Å². The Bertz CT molecular complexity index is 1260. The third-order valence-electron chi connectivity index (χ3n) is 4.52. The van der Waals surface area contributed by atoms with Gasteiger partial charge in [0.25, 0.3) is 5.91 Å². The Kier molecular flexibility index (Phi) is 6.85. The number of hydrogen-bond acceptors (Lipinski definition) is 5. The highest BCUT2D eigenvalue weighted by Gasteiger charge is 2.15. The molecule has 0 bridgehead atoms. The van der Waals surface area contributed by atoms with Gasteiger partial charge in [-0.05, 0) is 29.3 Å². The molecule has 0 spiro atoms. The summed E-state index contributed by atoms with van der Waals surface area (Å²) in [5.74, 6) is -1.23. The van der Waals surface area contributed by atoms with Crippen molar-refractivity contribution >= 4 is 51.5 Å². The molecular formula is C24H16Cl2N2O3S. The van der Waals surface area contributed by atoms with Gasteiger partial charge in [0, 0.05) is 16.0 Å². The fourth-order valence-corrected chi connectivity index (χ4v) is 4.05. The van der Waals surface area contributed by atoms with Crippen molar-refractivity contribution in [3.8, 4) is 22.4 Å². The molecule has 32 heavy (non-hydrogen) atoms. The van der Waals surface area contributed by atoms with E-state index in [2.05, 4.69) is 22.4 Å². The first kappa shape index (κ1) is 22.0. The average molecular weight is 483 g/mol. The van der Waals surface area contributed by atoms with Crippen molar-refractivity contribution in [2.75, 3.05) is 11.9 Å². The van der Waals surface area contributed by atoms with E-state index >= 15 is 0 Å². The molecule has 0 saturated carbocycles. The molecule has 0 fully saturated rings. The Balaban J connectivity index is 1.35. The first-order valence-corrected chi connectivity index (χ1v) is 11.2. The van der Waals surface area contributed by atoms with Crippen LogP contribution in [0.1, 0.15) is 10.4 Å². The third kappa shape index (κ3) is 5.34. The summed E-state index contributed by atoms with van der Waals surface area (Å²) in [5, 5.41) is 5.44. The van der Waals surface area contributed by atoms with Crippen LogP contribution in [-0.2, 0) is 9.53 Å². The van der Waals surface area contributed by atoms with Crippen molar-refractivity contribution in [3.05, 3.63) is 93.8 Å². The summed E-state index contributed by atoms with van der Waals surface area (Å²) in [6.45, 7) is -0.470. The zero-order chi connectivity index (χ0) is 22.5. The minimum atomic E-state index is -0.731. The summed E-state index contributed by atoms with van der Waals surface area (Å²) in [4.78, 5) is 28.7. The number of halogens is 2. The van der Waals surface area contributed by atoms with Crippen LogP contribution in [0.3, 0.4) is 0 Å². The molecule has 3 aromatic carbocycles. The summed E-state index contributed by atoms with van der Waals surface area (Å²) in [7, 11) is 0. The molecule has 0 unspecified atom stereocenters. The number of aromatic nitrogens is 1. The largest absolute Gasteiger partial charge is 0.452 e. The van der Waals surface area contributed by atoms with Crippen molar-refractivity contribution in [1.82, 2.24) is 4.98 Å². The van der Waals surface area contributed by atoms with E-state index in [1.54, 1.807) is 6.07 Å². The second-order valence-corrected chi connectivity index (χ2v) is 8.43. The van der Waals surface area contributed by atoms with E-state index in [-0.39, 0.29) is 10.6 Å². The predicted octanol–water partition coefficient (Wildman–Crippen LogP) is 6.58. The predicted molar refractivity (Wildman–Crippen MR) is 128 cm³/mol. The van der Waals surface area contributed by atoms with Crippen LogP contribution in [0.15, 0.2) is 78.2 Å². The number of rotatable bonds is 6. The lowest BCUT2D eigenvalue weighted by atomic mass is 10.0. The van der Waals surface area contributed by atoms with Crippen molar-refractivity contribution in [3.63, 3.8) is 0 Å². The van der Waals surface area contributed by atoms with Crippen LogP contribution in [0.5, 0.6) is 0 Å². The lowest BCUT2D eigenvalue weighted by Gasteiger charge is -2.06. The number of amides is 1. The number of nitrogens with one attached hydrogen (secondary N) is 1. The average Bonchev–Trinajstić information content (AvgIpc) is 3.28. The summed E-state index contributed by atoms with van der Waals surface area (Å²) in [6.07, 6.45) is 0. The van der Waals surface area contributed by atoms with Crippen LogP contribution in [0.25, 0.3) is 22.4 Å². The molecule has 0 radical (unpaired) electrons. The van der Waals surface area contributed by atoms with E-state index in [0.29, 0.717) is 10.2 Å². The molecule has 4 aromatic rings. The molecule has 4 rings (SSSR count). The molecule has 0 atom stereocenters. The first-order valence-electron chi connectivity index (χ1n) is 9.53. The molecule has 0 saturated heterocycles. The number of anilines is 1. The second kappa shape index (κ2) is 9.96. The molecule has 1 N–H and O–H groups in total. The monoisotopic (exact) mass is 482 g/mol. The zero-order valence-electron chi connectivity index (χ0n) is 16.5. The van der Waals surface area contributed by atoms with Crippen LogP contribution in [0.2, 0.25) is 10.0 Å². The van der Waals surface area contributed by atoms with Gasteiger partial charge in [-0.25, -0.2) is 9.78 Å². The Hall–Kier alpha value is -3.19. The summed E-state index contributed by atoms with van der Waals surface area (Å²) < 4.78 is 5.03. The molecule has 1 amide bonds. The molecule has 0 aliphatic rings. The molecule has 160 valence electrons. The van der Waals surface area contributed by atoms with Gasteiger partial charge in [0.2, 0.25) is 0 Å². The Morgan fingerprint density at radius 3 is 2.34 bits per heavy atom. The number of nitrogens with zero attached hydrogens (tertiary/aromatic N) is 1. The van der Waals surface area contributed by atoms with Crippen molar-refractivity contribution in [1.29, 1.82) is 0 Å². The van der Waals surface area contributed by atoms with Gasteiger partial charge in [-0.3, -0.25) is 10.1 Å². The van der Waals surface area contributed by atoms with Crippen LogP contribution in [0.4, 0.5) is 5.13 Å². The molecule has 1 heterocycles. The van der Waals surface area contributed by atoms with Gasteiger partial charge in [-0.2, -0.15) is 0 Å². The SMILES string of the molecule is O=C(COC(=O)c1cc(Cl)ccc1Cl)Nc1nc(-c2ccc(-c3ccccc3)cc2)cs1. The summed E-state index contributed by atoms with van der Waals surface area (Å²) in [6, 6.07) is 22.6. The minimum Gasteiger partial charge on any atom is -0.452 e. The van der Waals surface area contributed by atoms with Crippen molar-refractivity contribution < 1.29 is 14.3 Å². The van der Waals surface area contributed by atoms with Gasteiger partial charge in [-0.15, -0.1) is 11.3 Å². The van der Waals surface area contributed by atoms with E-state index in [4.69, 9.17) is 27.9 Å². The van der Waals surface area contributed by atoms with E-state index in [9.17, 15) is 9.59 Å². The van der Waals surface area contributed by atoms with E-state index < -0.39 is 18.5 Å². The molecule has 8 heteroatoms. The number of carbonyl (C=O) groups excluding carboxylic acids is 2. The van der Waals surface area contributed by atoms with E-state index in [1.807, 2.05) is 47.8 Å². The maximum Gasteiger partial charge on any atom is 0.340 e. The fraction of sp³-hybridized carbons (Fsp3) is 0.0417. The highest BCUT2D eigenvalue weighted by atomic mass is 35.5. The van der Waals surface area contributed by atoms with Crippen LogP contribution in [0, 0.1) is 0 Å². The van der Waals surface area contributed by atoms with Gasteiger partial charge in [-0.1, -0.05) is 77.8 Å². The summed E-state index contributed by atoms with van der Waals surface area (Å²) >= 11 is 13.1. The number of carbonyl (C=O) groups is 2. The minimum absolute atomic E-state index is 0.0995. The molecule has 1 aromatic heterocycles. The van der Waals surface area contributed by atoms with Gasteiger partial charge < -0.3 is 4.74 Å². The molecule has 0 aliphatic carbocycles. The smallest absolute Gasteiger partial charge is 0.340 e. The second-order valence-electron chi connectivity index (χ2n) is 6.73. The lowest BCUT2D eigenvalue weighted by molar-refractivity contribution is -0.119. The fourth-order valence-electron chi connectivity index (χ4n) is 2.95. The number of esters is 1. The topological polar surface area (TPSA) is 68.3 Å². The number of thiazole rings is 1. The normalized spacial score (nSPS) is 10.6. The highest BCUT2D eigenvalue weighted by Crippen LogP contribution is 2.28. The maximum atomic E-state index is 12.2. The standard InChI is InChI=1S/C24H16Cl2N2O3S/c25-18-10-11-20(26)19(12-18)23(30)31-13-22(29)28-24-27-21(14-32-24)17-8-6-16(7-9-17)15-4-2-1-3-5-15/h1-12,14H,13H2,(H,27,28,29). The van der Waals surface area contributed by atoms with Gasteiger partial charge >= 0.3 is 5.97 Å². The number of benzene rings is 3. The number of ether oxygens (including phenoxy) is 1. The highest BCUT2D eigenvalue weighted by molar-refractivity contribution is 7.14. The van der Waals surface area contributed by atoms with Crippen molar-refractivity contribution in [2.24, 2.45) is 0 Å². The molecular weight excluding hydrogens is 467 g/mol. The molecule has 0 aliphatic heterocycles. The van der Waals surface area contributed by atoms with Gasteiger partial charge in [0.15, 0.2) is 11.7 Å². The zero-order valence-corrected chi connectivity index (χ0v) is 18.9. The third-order valence-corrected chi connectivity index (χ3v) is 5.84. The first-order chi connectivity index (χ1) is 15.5. The lowest BCUT2D eigenvalue weighted by Crippen LogP contribution is -2.21. The van der Waals surface area contributed by atoms with Crippen molar-refractivity contribution in [2.45, 2.75) is 0 Å². The van der Waals surface area contributed by atoms with Gasteiger partial charge in [0.05, 0.1) is 16.3 Å². The summed E-state index contributed by atoms with van der Waals surface area (Å²) in [5.41, 5.74) is 4.03. The van der Waals surface area contributed by atoms with Gasteiger partial charge in [0.1, 0.15) is 0 Å². The van der Waals surface area contributed by atoms with Crippen LogP contribution < -0.4 is 5.32 Å².